The van der Waals surface area contributed by atoms with Gasteiger partial charge < -0.3 is 16.0 Å². The lowest BCUT2D eigenvalue weighted by atomic mass is 10.0. The fourth-order valence-corrected chi connectivity index (χ4v) is 2.61. The van der Waals surface area contributed by atoms with Gasteiger partial charge in [0, 0.05) is 17.3 Å². The Kier molecular flexibility index (Phi) is 3.92. The molecule has 0 radical (unpaired) electrons. The van der Waals surface area contributed by atoms with Crippen molar-refractivity contribution in [1.82, 2.24) is 10.6 Å². The highest BCUT2D eigenvalue weighted by Gasteiger charge is 2.29. The number of hydrogen-bond acceptors (Lipinski definition) is 3. The minimum atomic E-state index is -0.122. The van der Waals surface area contributed by atoms with Crippen LogP contribution in [0.3, 0.4) is 0 Å². The molecule has 0 spiro atoms. The Bertz CT molecular complexity index is 537. The summed E-state index contributed by atoms with van der Waals surface area (Å²) in [5, 5.41) is 9.05. The Balaban J connectivity index is 1.58. The molecule has 112 valence electrons. The van der Waals surface area contributed by atoms with Gasteiger partial charge in [0.05, 0.1) is 6.04 Å². The number of carbonyl (C=O) groups is 2. The molecule has 1 aliphatic carbocycles. The summed E-state index contributed by atoms with van der Waals surface area (Å²) in [6.45, 7) is 2.97. The molecule has 21 heavy (non-hydrogen) atoms. The van der Waals surface area contributed by atoms with Gasteiger partial charge in [-0.15, -0.1) is 0 Å². The van der Waals surface area contributed by atoms with Crippen molar-refractivity contribution in [2.75, 3.05) is 11.9 Å². The molecule has 0 aromatic heterocycles. The first-order valence-corrected chi connectivity index (χ1v) is 7.58. The van der Waals surface area contributed by atoms with E-state index < -0.39 is 0 Å². The van der Waals surface area contributed by atoms with Crippen LogP contribution in [-0.4, -0.2) is 30.4 Å². The van der Waals surface area contributed by atoms with Crippen LogP contribution in [0.5, 0.6) is 0 Å². The molecule has 3 rings (SSSR count). The third kappa shape index (κ3) is 3.42. The Labute approximate surface area is 124 Å². The van der Waals surface area contributed by atoms with Crippen LogP contribution >= 0.6 is 0 Å². The predicted molar refractivity (Wildman–Crippen MR) is 81.1 cm³/mol. The second-order valence-corrected chi connectivity index (χ2v) is 6.01. The van der Waals surface area contributed by atoms with Gasteiger partial charge in [0.1, 0.15) is 0 Å². The van der Waals surface area contributed by atoms with Crippen LogP contribution in [0.15, 0.2) is 24.3 Å². The number of nitrogens with one attached hydrogen (secondary N) is 3. The minimum absolute atomic E-state index is 0.00446. The van der Waals surface area contributed by atoms with Gasteiger partial charge in [0.15, 0.2) is 0 Å². The highest BCUT2D eigenvalue weighted by Crippen LogP contribution is 2.20. The third-order valence-electron chi connectivity index (χ3n) is 4.14. The van der Waals surface area contributed by atoms with Crippen LogP contribution in [0.1, 0.15) is 36.5 Å². The molecule has 2 aliphatic rings. The third-order valence-corrected chi connectivity index (χ3v) is 4.14. The summed E-state index contributed by atoms with van der Waals surface area (Å²) in [6, 6.07) is 7.28. The first-order valence-electron chi connectivity index (χ1n) is 7.58. The molecule has 1 heterocycles. The summed E-state index contributed by atoms with van der Waals surface area (Å²) in [7, 11) is 0. The van der Waals surface area contributed by atoms with Crippen molar-refractivity contribution in [3.8, 4) is 0 Å². The van der Waals surface area contributed by atoms with Gasteiger partial charge in [-0.1, -0.05) is 6.92 Å². The normalized spacial score (nSPS) is 24.6. The van der Waals surface area contributed by atoms with Gasteiger partial charge in [0.2, 0.25) is 5.91 Å². The Morgan fingerprint density at radius 2 is 1.86 bits per heavy atom. The summed E-state index contributed by atoms with van der Waals surface area (Å²) in [5.41, 5.74) is 1.36. The molecule has 2 atom stereocenters. The van der Waals surface area contributed by atoms with Gasteiger partial charge >= 0.3 is 0 Å². The van der Waals surface area contributed by atoms with Crippen LogP contribution in [0.4, 0.5) is 5.69 Å². The van der Waals surface area contributed by atoms with E-state index >= 15 is 0 Å². The monoisotopic (exact) mass is 287 g/mol. The number of benzene rings is 1. The van der Waals surface area contributed by atoms with Crippen molar-refractivity contribution in [2.24, 2.45) is 5.92 Å². The van der Waals surface area contributed by atoms with Gasteiger partial charge in [-0.05, 0) is 56.0 Å². The highest BCUT2D eigenvalue weighted by molar-refractivity contribution is 5.97. The fraction of sp³-hybridized carbons (Fsp3) is 0.500. The zero-order valence-electron chi connectivity index (χ0n) is 12.2. The lowest BCUT2D eigenvalue weighted by Gasteiger charge is -2.15. The van der Waals surface area contributed by atoms with Crippen LogP contribution in [0, 0.1) is 5.92 Å². The summed E-state index contributed by atoms with van der Waals surface area (Å²) in [6.07, 6.45) is 3.18. The summed E-state index contributed by atoms with van der Waals surface area (Å²) >= 11 is 0. The minimum Gasteiger partial charge on any atom is -0.349 e. The Morgan fingerprint density at radius 1 is 1.14 bits per heavy atom. The van der Waals surface area contributed by atoms with Crippen molar-refractivity contribution in [2.45, 2.75) is 38.3 Å². The molecular formula is C16H21N3O2. The topological polar surface area (TPSA) is 70.2 Å². The standard InChI is InChI=1S/C16H21N3O2/c1-10-8-9-17-14(10)16(21)19-12-4-2-11(3-5-12)15(20)18-13-6-7-13/h2-5,10,13-14,17H,6-9H2,1H3,(H,18,20)(H,19,21). The van der Waals surface area contributed by atoms with E-state index in [1.807, 2.05) is 0 Å². The molecule has 5 nitrogen and oxygen atoms in total. The molecule has 1 aliphatic heterocycles. The lowest BCUT2D eigenvalue weighted by molar-refractivity contribution is -0.118. The van der Waals surface area contributed by atoms with E-state index in [2.05, 4.69) is 22.9 Å². The quantitative estimate of drug-likeness (QED) is 0.786. The summed E-state index contributed by atoms with van der Waals surface area (Å²) in [5.74, 6) is 0.310. The summed E-state index contributed by atoms with van der Waals surface area (Å²) in [4.78, 5) is 24.0. The van der Waals surface area contributed by atoms with E-state index in [0.717, 1.165) is 31.5 Å². The van der Waals surface area contributed by atoms with Crippen molar-refractivity contribution in [3.05, 3.63) is 29.8 Å². The fourth-order valence-electron chi connectivity index (χ4n) is 2.61. The van der Waals surface area contributed by atoms with Crippen molar-refractivity contribution >= 4 is 17.5 Å². The van der Waals surface area contributed by atoms with E-state index in [1.54, 1.807) is 24.3 Å². The number of anilines is 1. The molecule has 2 unspecified atom stereocenters. The predicted octanol–water partition coefficient (Wildman–Crippen LogP) is 1.52. The summed E-state index contributed by atoms with van der Waals surface area (Å²) < 4.78 is 0. The van der Waals surface area contributed by atoms with Gasteiger partial charge in [-0.2, -0.15) is 0 Å². The SMILES string of the molecule is CC1CCNC1C(=O)Nc1ccc(C(=O)NC2CC2)cc1. The second kappa shape index (κ2) is 5.85. The van der Waals surface area contributed by atoms with Crippen LogP contribution in [0.2, 0.25) is 0 Å². The maximum atomic E-state index is 12.1. The molecule has 1 saturated carbocycles. The smallest absolute Gasteiger partial charge is 0.251 e. The first kappa shape index (κ1) is 14.1. The molecule has 5 heteroatoms. The Hall–Kier alpha value is -1.88. The van der Waals surface area contributed by atoms with Gasteiger partial charge in [0.25, 0.3) is 5.91 Å². The van der Waals surface area contributed by atoms with E-state index in [1.165, 1.54) is 0 Å². The van der Waals surface area contributed by atoms with Crippen molar-refractivity contribution in [1.29, 1.82) is 0 Å². The van der Waals surface area contributed by atoms with E-state index in [0.29, 0.717) is 17.5 Å². The zero-order chi connectivity index (χ0) is 14.8. The number of rotatable bonds is 4. The van der Waals surface area contributed by atoms with Crippen LogP contribution in [-0.2, 0) is 4.79 Å². The first-order chi connectivity index (χ1) is 10.1. The largest absolute Gasteiger partial charge is 0.349 e. The van der Waals surface area contributed by atoms with Crippen LogP contribution < -0.4 is 16.0 Å². The number of carbonyl (C=O) groups excluding carboxylic acids is 2. The average Bonchev–Trinajstić information content (AvgIpc) is 3.18. The molecule has 1 saturated heterocycles. The van der Waals surface area contributed by atoms with Crippen molar-refractivity contribution in [3.63, 3.8) is 0 Å². The van der Waals surface area contributed by atoms with E-state index in [4.69, 9.17) is 0 Å². The average molecular weight is 287 g/mol. The zero-order valence-corrected chi connectivity index (χ0v) is 12.2. The molecular weight excluding hydrogens is 266 g/mol. The number of amides is 2. The maximum absolute atomic E-state index is 12.1. The van der Waals surface area contributed by atoms with E-state index in [-0.39, 0.29) is 17.9 Å². The molecule has 1 aromatic rings. The molecule has 0 bridgehead atoms. The van der Waals surface area contributed by atoms with Gasteiger partial charge in [-0.3, -0.25) is 9.59 Å². The molecule has 1 aromatic carbocycles. The van der Waals surface area contributed by atoms with Crippen molar-refractivity contribution < 1.29 is 9.59 Å². The lowest BCUT2D eigenvalue weighted by Crippen LogP contribution is -2.39. The molecule has 3 N–H and O–H groups in total. The maximum Gasteiger partial charge on any atom is 0.251 e. The Morgan fingerprint density at radius 3 is 2.43 bits per heavy atom. The molecule has 2 fully saturated rings. The van der Waals surface area contributed by atoms with E-state index in [9.17, 15) is 9.59 Å². The second-order valence-electron chi connectivity index (χ2n) is 6.01. The molecule has 2 amide bonds. The van der Waals surface area contributed by atoms with Crippen LogP contribution in [0.25, 0.3) is 0 Å². The highest BCUT2D eigenvalue weighted by atomic mass is 16.2. The number of hydrogen-bond donors (Lipinski definition) is 3. The van der Waals surface area contributed by atoms with Gasteiger partial charge in [-0.25, -0.2) is 0 Å².